The summed E-state index contributed by atoms with van der Waals surface area (Å²) in [6, 6.07) is 4.80. The summed E-state index contributed by atoms with van der Waals surface area (Å²) in [4.78, 5) is 24.4. The lowest BCUT2D eigenvalue weighted by Gasteiger charge is -2.26. The highest BCUT2D eigenvalue weighted by molar-refractivity contribution is 5.98. The van der Waals surface area contributed by atoms with Gasteiger partial charge in [0.2, 0.25) is 11.8 Å². The molecule has 0 heterocycles. The zero-order valence-corrected chi connectivity index (χ0v) is 15.2. The van der Waals surface area contributed by atoms with E-state index in [0.717, 1.165) is 5.56 Å². The van der Waals surface area contributed by atoms with Gasteiger partial charge < -0.3 is 16.4 Å². The average Bonchev–Trinajstić information content (AvgIpc) is 2.39. The second kappa shape index (κ2) is 6.71. The number of aryl methyl sites for hydroxylation is 1. The van der Waals surface area contributed by atoms with E-state index < -0.39 is 11.5 Å². The number of benzene rings is 1. The van der Waals surface area contributed by atoms with Crippen LogP contribution < -0.4 is 16.4 Å². The molecule has 5 heteroatoms. The molecule has 0 aliphatic rings. The Morgan fingerprint density at radius 3 is 2.09 bits per heavy atom. The van der Waals surface area contributed by atoms with Gasteiger partial charge in [0.25, 0.3) is 0 Å². The molecule has 0 saturated heterocycles. The highest BCUT2D eigenvalue weighted by atomic mass is 16.2. The summed E-state index contributed by atoms with van der Waals surface area (Å²) in [7, 11) is 0. The van der Waals surface area contributed by atoms with Crippen molar-refractivity contribution in [2.45, 2.75) is 54.5 Å². The summed E-state index contributed by atoms with van der Waals surface area (Å²) in [6.45, 7) is 13.2. The predicted molar refractivity (Wildman–Crippen MR) is 95.3 cm³/mol. The van der Waals surface area contributed by atoms with Crippen LogP contribution in [0.1, 0.15) is 47.1 Å². The number of carbonyl (C=O) groups is 2. The fourth-order valence-electron chi connectivity index (χ4n) is 1.76. The Balaban J connectivity index is 2.94. The van der Waals surface area contributed by atoms with Crippen molar-refractivity contribution in [3.63, 3.8) is 0 Å². The minimum Gasteiger partial charge on any atom is -0.325 e. The molecule has 0 aromatic heterocycles. The van der Waals surface area contributed by atoms with Crippen LogP contribution in [0.15, 0.2) is 18.2 Å². The average molecular weight is 319 g/mol. The molecule has 0 spiro atoms. The minimum absolute atomic E-state index is 0.0736. The second-order valence-corrected chi connectivity index (χ2v) is 8.07. The van der Waals surface area contributed by atoms with Gasteiger partial charge in [-0.2, -0.15) is 0 Å². The van der Waals surface area contributed by atoms with Gasteiger partial charge in [0.15, 0.2) is 0 Å². The van der Waals surface area contributed by atoms with Crippen LogP contribution in [0.3, 0.4) is 0 Å². The largest absolute Gasteiger partial charge is 0.325 e. The van der Waals surface area contributed by atoms with Crippen molar-refractivity contribution in [3.8, 4) is 0 Å². The lowest BCUT2D eigenvalue weighted by Crippen LogP contribution is -2.45. The van der Waals surface area contributed by atoms with Gasteiger partial charge in [-0.3, -0.25) is 9.59 Å². The standard InChI is InChI=1S/C18H29N3O2/c1-11-8-9-12(20-15(22)14(19)17(2,3)4)10-13(11)21-16(23)18(5,6)7/h8-10,14H,19H2,1-7H3,(H,20,22)(H,21,23)/t14-/m1/s1. The quantitative estimate of drug-likeness (QED) is 0.799. The van der Waals surface area contributed by atoms with E-state index in [1.165, 1.54) is 0 Å². The molecule has 1 aromatic carbocycles. The fourth-order valence-corrected chi connectivity index (χ4v) is 1.76. The third-order valence-corrected chi connectivity index (χ3v) is 3.65. The Morgan fingerprint density at radius 1 is 1.04 bits per heavy atom. The van der Waals surface area contributed by atoms with Crippen molar-refractivity contribution in [2.24, 2.45) is 16.6 Å². The number of nitrogens with one attached hydrogen (secondary N) is 2. The van der Waals surface area contributed by atoms with Gasteiger partial charge >= 0.3 is 0 Å². The van der Waals surface area contributed by atoms with Gasteiger partial charge in [0.05, 0.1) is 6.04 Å². The van der Waals surface area contributed by atoms with Gasteiger partial charge in [0, 0.05) is 16.8 Å². The summed E-state index contributed by atoms with van der Waals surface area (Å²) >= 11 is 0. The number of carbonyl (C=O) groups excluding carboxylic acids is 2. The molecule has 128 valence electrons. The Bertz CT molecular complexity index is 595. The van der Waals surface area contributed by atoms with E-state index in [1.54, 1.807) is 12.1 Å². The van der Waals surface area contributed by atoms with Crippen molar-refractivity contribution in [3.05, 3.63) is 23.8 Å². The molecule has 5 nitrogen and oxygen atoms in total. The first-order valence-corrected chi connectivity index (χ1v) is 7.81. The van der Waals surface area contributed by atoms with Gasteiger partial charge in [-0.15, -0.1) is 0 Å². The van der Waals surface area contributed by atoms with Crippen LogP contribution in [-0.4, -0.2) is 17.9 Å². The molecule has 2 amide bonds. The van der Waals surface area contributed by atoms with E-state index in [1.807, 2.05) is 54.5 Å². The zero-order valence-electron chi connectivity index (χ0n) is 15.2. The summed E-state index contributed by atoms with van der Waals surface area (Å²) in [5.41, 5.74) is 7.39. The number of nitrogens with two attached hydrogens (primary N) is 1. The maximum atomic E-state index is 12.2. The Labute approximate surface area is 139 Å². The van der Waals surface area contributed by atoms with E-state index >= 15 is 0 Å². The number of amides is 2. The van der Waals surface area contributed by atoms with Crippen molar-refractivity contribution in [1.29, 1.82) is 0 Å². The number of rotatable bonds is 3. The normalized spacial score (nSPS) is 13.4. The maximum absolute atomic E-state index is 12.2. The van der Waals surface area contributed by atoms with Crippen LogP contribution in [-0.2, 0) is 9.59 Å². The Morgan fingerprint density at radius 2 is 1.61 bits per heavy atom. The van der Waals surface area contributed by atoms with E-state index in [-0.39, 0.29) is 17.2 Å². The molecule has 4 N–H and O–H groups in total. The van der Waals surface area contributed by atoms with Gasteiger partial charge in [-0.25, -0.2) is 0 Å². The summed E-state index contributed by atoms with van der Waals surface area (Å²) in [5, 5.41) is 5.71. The Hall–Kier alpha value is -1.88. The molecular formula is C18H29N3O2. The van der Waals surface area contributed by atoms with Crippen LogP contribution in [0.5, 0.6) is 0 Å². The zero-order chi connectivity index (χ0) is 18.0. The SMILES string of the molecule is Cc1ccc(NC(=O)[C@@H](N)C(C)(C)C)cc1NC(=O)C(C)(C)C. The van der Waals surface area contributed by atoms with Crippen molar-refractivity contribution in [1.82, 2.24) is 0 Å². The van der Waals surface area contributed by atoms with E-state index in [4.69, 9.17) is 5.73 Å². The van der Waals surface area contributed by atoms with Crippen molar-refractivity contribution < 1.29 is 9.59 Å². The minimum atomic E-state index is -0.614. The lowest BCUT2D eigenvalue weighted by molar-refractivity contribution is -0.123. The molecule has 0 saturated carbocycles. The molecule has 1 aromatic rings. The number of anilines is 2. The van der Waals surface area contributed by atoms with Crippen LogP contribution in [0.2, 0.25) is 0 Å². The molecule has 23 heavy (non-hydrogen) atoms. The lowest BCUT2D eigenvalue weighted by atomic mass is 9.87. The topological polar surface area (TPSA) is 84.2 Å². The van der Waals surface area contributed by atoms with E-state index in [0.29, 0.717) is 11.4 Å². The highest BCUT2D eigenvalue weighted by Crippen LogP contribution is 2.24. The van der Waals surface area contributed by atoms with E-state index in [9.17, 15) is 9.59 Å². The molecule has 0 aliphatic heterocycles. The monoisotopic (exact) mass is 319 g/mol. The second-order valence-electron chi connectivity index (χ2n) is 8.07. The third-order valence-electron chi connectivity index (χ3n) is 3.65. The molecule has 0 unspecified atom stereocenters. The molecule has 0 bridgehead atoms. The molecule has 0 fully saturated rings. The van der Waals surface area contributed by atoms with Crippen LogP contribution in [0.4, 0.5) is 11.4 Å². The maximum Gasteiger partial charge on any atom is 0.241 e. The fraction of sp³-hybridized carbons (Fsp3) is 0.556. The van der Waals surface area contributed by atoms with Crippen LogP contribution in [0, 0.1) is 17.8 Å². The first kappa shape index (κ1) is 19.2. The van der Waals surface area contributed by atoms with Crippen LogP contribution in [0.25, 0.3) is 0 Å². The summed E-state index contributed by atoms with van der Waals surface area (Å²) in [6.07, 6.45) is 0. The van der Waals surface area contributed by atoms with Gasteiger partial charge in [-0.05, 0) is 30.0 Å². The smallest absolute Gasteiger partial charge is 0.241 e. The summed E-state index contributed by atoms with van der Waals surface area (Å²) in [5.74, 6) is -0.315. The molecule has 0 aliphatic carbocycles. The first-order chi connectivity index (χ1) is 10.3. The molecule has 0 radical (unpaired) electrons. The van der Waals surface area contributed by atoms with Gasteiger partial charge in [-0.1, -0.05) is 47.6 Å². The van der Waals surface area contributed by atoms with Gasteiger partial charge in [0.1, 0.15) is 0 Å². The molecular weight excluding hydrogens is 290 g/mol. The van der Waals surface area contributed by atoms with E-state index in [2.05, 4.69) is 10.6 Å². The molecule has 1 atom stereocenters. The number of hydrogen-bond donors (Lipinski definition) is 3. The van der Waals surface area contributed by atoms with Crippen molar-refractivity contribution in [2.75, 3.05) is 10.6 Å². The summed E-state index contributed by atoms with van der Waals surface area (Å²) < 4.78 is 0. The van der Waals surface area contributed by atoms with Crippen molar-refractivity contribution >= 4 is 23.2 Å². The Kier molecular flexibility index (Phi) is 5.59. The highest BCUT2D eigenvalue weighted by Gasteiger charge is 2.27. The van der Waals surface area contributed by atoms with Crippen LogP contribution >= 0.6 is 0 Å². The third kappa shape index (κ3) is 5.36. The predicted octanol–water partition coefficient (Wildman–Crippen LogP) is 3.29. The first-order valence-electron chi connectivity index (χ1n) is 7.81. The molecule has 1 rings (SSSR count). The number of hydrogen-bond acceptors (Lipinski definition) is 3.